The van der Waals surface area contributed by atoms with E-state index in [9.17, 15) is 9.59 Å². The average Bonchev–Trinajstić information content (AvgIpc) is 3.40. The van der Waals surface area contributed by atoms with Gasteiger partial charge in [0.1, 0.15) is 5.58 Å². The van der Waals surface area contributed by atoms with Crippen LogP contribution in [0.15, 0.2) is 59.0 Å². The Hall–Kier alpha value is -4.00. The first kappa shape index (κ1) is 19.0. The van der Waals surface area contributed by atoms with Gasteiger partial charge in [-0.1, -0.05) is 42.5 Å². The van der Waals surface area contributed by atoms with Gasteiger partial charge in [-0.25, -0.2) is 4.79 Å². The molecule has 0 fully saturated rings. The number of esters is 1. The Labute approximate surface area is 177 Å². The minimum Gasteiger partial charge on any atom is -0.454 e. The third-order valence-corrected chi connectivity index (χ3v) is 5.27. The Morgan fingerprint density at radius 3 is 2.74 bits per heavy atom. The molecule has 1 amide bonds. The van der Waals surface area contributed by atoms with Gasteiger partial charge in [0.15, 0.2) is 18.1 Å². The summed E-state index contributed by atoms with van der Waals surface area (Å²) < 4.78 is 21.6. The lowest BCUT2D eigenvalue weighted by atomic mass is 10.1. The number of amides is 1. The first-order chi connectivity index (χ1) is 15.1. The Balaban J connectivity index is 1.24. The molecule has 0 saturated heterocycles. The molecule has 0 aliphatic carbocycles. The van der Waals surface area contributed by atoms with E-state index in [-0.39, 0.29) is 19.1 Å². The van der Waals surface area contributed by atoms with Crippen molar-refractivity contribution in [3.8, 4) is 11.5 Å². The number of hydrogen-bond donors (Lipinski definition) is 1. The second-order valence-electron chi connectivity index (χ2n) is 7.26. The third kappa shape index (κ3) is 3.54. The van der Waals surface area contributed by atoms with Crippen LogP contribution >= 0.6 is 0 Å². The fraction of sp³-hybridized carbons (Fsp3) is 0.167. The fourth-order valence-corrected chi connectivity index (χ4v) is 3.64. The standard InChI is InChI=1S/C24H19NO6/c1-14-17-8-7-16-4-2-3-5-18(16)23(17)31-22(14)24(27)28-12-21(26)25-11-15-6-9-19-20(10-15)30-13-29-19/h2-10H,11-13H2,1H3,(H,25,26). The predicted octanol–water partition coefficient (Wildman–Crippen LogP) is 4.10. The summed E-state index contributed by atoms with van der Waals surface area (Å²) in [4.78, 5) is 24.7. The van der Waals surface area contributed by atoms with E-state index >= 15 is 0 Å². The van der Waals surface area contributed by atoms with Crippen LogP contribution in [0.25, 0.3) is 21.7 Å². The van der Waals surface area contributed by atoms with Gasteiger partial charge in [-0.15, -0.1) is 0 Å². The Morgan fingerprint density at radius 1 is 1.00 bits per heavy atom. The van der Waals surface area contributed by atoms with Crippen LogP contribution in [-0.2, 0) is 16.1 Å². The van der Waals surface area contributed by atoms with Gasteiger partial charge >= 0.3 is 5.97 Å². The zero-order valence-corrected chi connectivity index (χ0v) is 16.8. The second-order valence-corrected chi connectivity index (χ2v) is 7.26. The highest BCUT2D eigenvalue weighted by Gasteiger charge is 2.21. The molecule has 0 saturated carbocycles. The van der Waals surface area contributed by atoms with Crippen molar-refractivity contribution in [2.75, 3.05) is 13.4 Å². The lowest BCUT2D eigenvalue weighted by molar-refractivity contribution is -0.124. The minimum absolute atomic E-state index is 0.106. The molecule has 156 valence electrons. The molecule has 1 aliphatic rings. The molecule has 1 aliphatic heterocycles. The molecule has 7 nitrogen and oxygen atoms in total. The van der Waals surface area contributed by atoms with Crippen LogP contribution in [0.5, 0.6) is 11.5 Å². The predicted molar refractivity (Wildman–Crippen MR) is 113 cm³/mol. The number of aryl methyl sites for hydroxylation is 1. The number of nitrogens with one attached hydrogen (secondary N) is 1. The Bertz CT molecular complexity index is 1320. The molecule has 2 heterocycles. The van der Waals surface area contributed by atoms with Crippen LogP contribution in [0.2, 0.25) is 0 Å². The van der Waals surface area contributed by atoms with E-state index in [4.69, 9.17) is 18.6 Å². The molecular weight excluding hydrogens is 398 g/mol. The molecular formula is C24H19NO6. The van der Waals surface area contributed by atoms with E-state index in [0.717, 1.165) is 21.7 Å². The van der Waals surface area contributed by atoms with Gasteiger partial charge in [0.05, 0.1) is 0 Å². The largest absolute Gasteiger partial charge is 0.454 e. The fourth-order valence-electron chi connectivity index (χ4n) is 3.64. The number of carbonyl (C=O) groups excluding carboxylic acids is 2. The van der Waals surface area contributed by atoms with Gasteiger partial charge in [-0.2, -0.15) is 0 Å². The summed E-state index contributed by atoms with van der Waals surface area (Å²) in [7, 11) is 0. The zero-order chi connectivity index (χ0) is 21.4. The summed E-state index contributed by atoms with van der Waals surface area (Å²) >= 11 is 0. The first-order valence-corrected chi connectivity index (χ1v) is 9.83. The maximum atomic E-state index is 12.6. The number of fused-ring (bicyclic) bond motifs is 4. The Morgan fingerprint density at radius 2 is 1.84 bits per heavy atom. The number of benzene rings is 3. The van der Waals surface area contributed by atoms with Crippen molar-refractivity contribution in [2.45, 2.75) is 13.5 Å². The van der Waals surface area contributed by atoms with Crippen molar-refractivity contribution < 1.29 is 28.2 Å². The molecule has 0 unspecified atom stereocenters. The Kier molecular flexibility index (Phi) is 4.71. The summed E-state index contributed by atoms with van der Waals surface area (Å²) in [5.74, 6) is 0.347. The van der Waals surface area contributed by atoms with E-state index in [1.807, 2.05) is 42.5 Å². The molecule has 7 heteroatoms. The molecule has 4 aromatic rings. The van der Waals surface area contributed by atoms with Crippen LogP contribution in [0.1, 0.15) is 21.7 Å². The van der Waals surface area contributed by atoms with Crippen molar-refractivity contribution in [1.82, 2.24) is 5.32 Å². The van der Waals surface area contributed by atoms with Gasteiger partial charge in [-0.05, 0) is 30.0 Å². The van der Waals surface area contributed by atoms with Gasteiger partial charge < -0.3 is 23.9 Å². The van der Waals surface area contributed by atoms with E-state index in [1.54, 1.807) is 19.1 Å². The molecule has 1 aromatic heterocycles. The molecule has 0 spiro atoms. The van der Waals surface area contributed by atoms with Crippen LogP contribution in [0.3, 0.4) is 0 Å². The molecule has 5 rings (SSSR count). The quantitative estimate of drug-likeness (QED) is 0.492. The first-order valence-electron chi connectivity index (χ1n) is 9.83. The average molecular weight is 417 g/mol. The van der Waals surface area contributed by atoms with E-state index in [2.05, 4.69) is 5.32 Å². The normalized spacial score (nSPS) is 12.3. The maximum absolute atomic E-state index is 12.6. The van der Waals surface area contributed by atoms with Crippen LogP contribution in [0, 0.1) is 6.92 Å². The van der Waals surface area contributed by atoms with Crippen LogP contribution in [-0.4, -0.2) is 25.3 Å². The number of furan rings is 1. The summed E-state index contributed by atoms with van der Waals surface area (Å²) in [6, 6.07) is 17.1. The SMILES string of the molecule is Cc1c(C(=O)OCC(=O)NCc2ccc3c(c2)OCO3)oc2c1ccc1ccccc12. The summed E-state index contributed by atoms with van der Waals surface area (Å²) in [6.07, 6.45) is 0. The van der Waals surface area contributed by atoms with E-state index in [0.29, 0.717) is 22.6 Å². The summed E-state index contributed by atoms with van der Waals surface area (Å²) in [6.45, 7) is 1.87. The molecule has 3 aromatic carbocycles. The molecule has 31 heavy (non-hydrogen) atoms. The van der Waals surface area contributed by atoms with Gasteiger partial charge in [-0.3, -0.25) is 4.79 Å². The van der Waals surface area contributed by atoms with E-state index in [1.165, 1.54) is 0 Å². The topological polar surface area (TPSA) is 87.0 Å². The van der Waals surface area contributed by atoms with Crippen molar-refractivity contribution in [2.24, 2.45) is 0 Å². The number of ether oxygens (including phenoxy) is 3. The number of hydrogen-bond acceptors (Lipinski definition) is 6. The molecule has 0 radical (unpaired) electrons. The van der Waals surface area contributed by atoms with Gasteiger partial charge in [0.2, 0.25) is 12.6 Å². The monoisotopic (exact) mass is 417 g/mol. The summed E-state index contributed by atoms with van der Waals surface area (Å²) in [5, 5.41) is 5.50. The van der Waals surface area contributed by atoms with E-state index < -0.39 is 18.5 Å². The molecule has 1 N–H and O–H groups in total. The highest BCUT2D eigenvalue weighted by molar-refractivity contribution is 6.08. The maximum Gasteiger partial charge on any atom is 0.375 e. The summed E-state index contributed by atoms with van der Waals surface area (Å²) in [5.41, 5.74) is 2.17. The van der Waals surface area contributed by atoms with Gasteiger partial charge in [0.25, 0.3) is 5.91 Å². The van der Waals surface area contributed by atoms with Gasteiger partial charge in [0, 0.05) is 22.9 Å². The lowest BCUT2D eigenvalue weighted by Crippen LogP contribution is -2.28. The second kappa shape index (κ2) is 7.68. The zero-order valence-electron chi connectivity index (χ0n) is 16.8. The van der Waals surface area contributed by atoms with Crippen LogP contribution in [0.4, 0.5) is 0 Å². The third-order valence-electron chi connectivity index (χ3n) is 5.27. The van der Waals surface area contributed by atoms with Crippen molar-refractivity contribution in [1.29, 1.82) is 0 Å². The smallest absolute Gasteiger partial charge is 0.375 e. The highest BCUT2D eigenvalue weighted by Crippen LogP contribution is 2.33. The van der Waals surface area contributed by atoms with Crippen LogP contribution < -0.4 is 14.8 Å². The van der Waals surface area contributed by atoms with Crippen molar-refractivity contribution >= 4 is 33.6 Å². The highest BCUT2D eigenvalue weighted by atomic mass is 16.7. The number of rotatable bonds is 5. The number of carbonyl (C=O) groups is 2. The van der Waals surface area contributed by atoms with Crippen molar-refractivity contribution in [3.05, 3.63) is 71.5 Å². The molecule has 0 bridgehead atoms. The van der Waals surface area contributed by atoms with Crippen molar-refractivity contribution in [3.63, 3.8) is 0 Å². The lowest BCUT2D eigenvalue weighted by Gasteiger charge is -2.07. The molecule has 0 atom stereocenters. The minimum atomic E-state index is -0.670.